The second-order valence-electron chi connectivity index (χ2n) is 7.68. The minimum Gasteiger partial charge on any atom is -0.383 e. The molecule has 0 heterocycles. The molecule has 0 spiro atoms. The fraction of sp³-hybridized carbons (Fsp3) is 0.500. The largest absolute Gasteiger partial charge is 0.383 e. The van der Waals surface area contributed by atoms with Crippen LogP contribution in [0.3, 0.4) is 0 Å². The first-order chi connectivity index (χ1) is 14.4. The lowest BCUT2D eigenvalue weighted by Gasteiger charge is -2.19. The molecule has 1 atom stereocenters. The molecule has 2 aromatic carbocycles. The number of nitrogens with one attached hydrogen (secondary N) is 1. The predicted octanol–water partition coefficient (Wildman–Crippen LogP) is 6.66. The number of ether oxygens (including phenoxy) is 2. The van der Waals surface area contributed by atoms with Crippen LogP contribution >= 0.6 is 13.5 Å². The van der Waals surface area contributed by atoms with Crippen molar-refractivity contribution in [1.82, 2.24) is 0 Å². The number of methoxy groups -OCH3 is 2. The standard InChI is InChI=1S/C13H21NO.C13H19NO.H2S.H2/c2*1-5-12-8-6-7-10(2)13(12)14-11(3)9-15-4;;/h6-8,11,14H,5,9H2,1-4H3;6-8H,5,9H2,1-4H3;1H2;1H/t11-;;;/m1.../s1. The molecule has 0 aliphatic carbocycles. The summed E-state index contributed by atoms with van der Waals surface area (Å²) in [5, 5.41) is 3.51. The summed E-state index contributed by atoms with van der Waals surface area (Å²) in [7, 11) is 3.42. The van der Waals surface area contributed by atoms with Gasteiger partial charge in [-0.15, -0.1) is 0 Å². The van der Waals surface area contributed by atoms with Gasteiger partial charge in [0.05, 0.1) is 18.9 Å². The van der Waals surface area contributed by atoms with Gasteiger partial charge in [0.2, 0.25) is 0 Å². The second-order valence-corrected chi connectivity index (χ2v) is 7.68. The van der Waals surface area contributed by atoms with Gasteiger partial charge in [-0.1, -0.05) is 50.2 Å². The summed E-state index contributed by atoms with van der Waals surface area (Å²) >= 11 is 0. The number of hydrogen-bond acceptors (Lipinski definition) is 4. The van der Waals surface area contributed by atoms with E-state index < -0.39 is 0 Å². The molecule has 0 saturated heterocycles. The van der Waals surface area contributed by atoms with E-state index in [1.54, 1.807) is 14.2 Å². The smallest absolute Gasteiger partial charge is 0.0842 e. The van der Waals surface area contributed by atoms with E-state index in [-0.39, 0.29) is 14.9 Å². The average Bonchev–Trinajstić information content (AvgIpc) is 2.72. The summed E-state index contributed by atoms with van der Waals surface area (Å²) in [5.74, 6) is 0. The van der Waals surface area contributed by atoms with Crippen molar-refractivity contribution in [2.75, 3.05) is 32.8 Å². The van der Waals surface area contributed by atoms with Crippen molar-refractivity contribution in [2.24, 2.45) is 4.99 Å². The minimum absolute atomic E-state index is 0. The number of aliphatic imine (C=N–C) groups is 1. The Kier molecular flexibility index (Phi) is 15.0. The lowest BCUT2D eigenvalue weighted by molar-refractivity contribution is 0.190. The molecule has 0 aliphatic heterocycles. The van der Waals surface area contributed by atoms with Crippen LogP contribution in [0.1, 0.15) is 51.4 Å². The normalized spacial score (nSPS) is 11.8. The Hall–Kier alpha value is -1.82. The number of benzene rings is 2. The molecule has 5 heteroatoms. The van der Waals surface area contributed by atoms with Crippen LogP contribution in [0.4, 0.5) is 11.4 Å². The van der Waals surface area contributed by atoms with E-state index in [0.29, 0.717) is 12.6 Å². The van der Waals surface area contributed by atoms with Crippen LogP contribution in [0, 0.1) is 13.8 Å². The molecule has 0 aromatic heterocycles. The molecule has 4 nitrogen and oxygen atoms in total. The van der Waals surface area contributed by atoms with Crippen LogP contribution in [0.25, 0.3) is 0 Å². The molecule has 0 fully saturated rings. The van der Waals surface area contributed by atoms with Gasteiger partial charge in [-0.3, -0.25) is 4.99 Å². The highest BCUT2D eigenvalue weighted by atomic mass is 32.1. The minimum atomic E-state index is 0. The molecule has 2 aromatic rings. The lowest BCUT2D eigenvalue weighted by atomic mass is 10.1. The van der Waals surface area contributed by atoms with E-state index >= 15 is 0 Å². The highest BCUT2D eigenvalue weighted by molar-refractivity contribution is 7.59. The van der Waals surface area contributed by atoms with Crippen molar-refractivity contribution in [3.05, 3.63) is 58.7 Å². The zero-order valence-electron chi connectivity index (χ0n) is 20.6. The van der Waals surface area contributed by atoms with E-state index in [1.165, 1.54) is 27.9 Å². The first kappa shape index (κ1) is 29.2. The zero-order chi connectivity index (χ0) is 22.5. The highest BCUT2D eigenvalue weighted by Crippen LogP contribution is 2.24. The van der Waals surface area contributed by atoms with E-state index in [4.69, 9.17) is 9.47 Å². The van der Waals surface area contributed by atoms with Crippen molar-refractivity contribution in [3.63, 3.8) is 0 Å². The topological polar surface area (TPSA) is 42.8 Å². The maximum Gasteiger partial charge on any atom is 0.0842 e. The molecule has 0 aliphatic rings. The van der Waals surface area contributed by atoms with Gasteiger partial charge in [-0.05, 0) is 62.8 Å². The molecule has 0 bridgehead atoms. The van der Waals surface area contributed by atoms with Crippen LogP contribution in [0.5, 0.6) is 0 Å². The fourth-order valence-electron chi connectivity index (χ4n) is 3.36. The van der Waals surface area contributed by atoms with Crippen molar-refractivity contribution >= 4 is 30.6 Å². The van der Waals surface area contributed by atoms with E-state index in [2.05, 4.69) is 81.3 Å². The SMILES string of the molecule is CCc1cccc(C)c1N=C(C)COC.CCc1cccc(C)c1N[C@H](C)COC.S.[HH]. The van der Waals surface area contributed by atoms with E-state index in [9.17, 15) is 0 Å². The van der Waals surface area contributed by atoms with Gasteiger partial charge in [0.25, 0.3) is 0 Å². The van der Waals surface area contributed by atoms with Gasteiger partial charge in [0.15, 0.2) is 0 Å². The Morgan fingerprint density at radius 2 is 1.55 bits per heavy atom. The molecule has 0 saturated carbocycles. The van der Waals surface area contributed by atoms with Crippen LogP contribution in [-0.2, 0) is 22.3 Å². The van der Waals surface area contributed by atoms with Crippen molar-refractivity contribution < 1.29 is 10.9 Å². The molecule has 2 rings (SSSR count). The Balaban J connectivity index is 0. The van der Waals surface area contributed by atoms with Gasteiger partial charge >= 0.3 is 0 Å². The fourth-order valence-corrected chi connectivity index (χ4v) is 3.36. The average molecular weight is 449 g/mol. The van der Waals surface area contributed by atoms with Crippen molar-refractivity contribution in [3.8, 4) is 0 Å². The lowest BCUT2D eigenvalue weighted by Crippen LogP contribution is -2.22. The third-order valence-corrected chi connectivity index (χ3v) is 4.91. The van der Waals surface area contributed by atoms with Gasteiger partial charge in [-0.25, -0.2) is 0 Å². The van der Waals surface area contributed by atoms with Gasteiger partial charge in [-0.2, -0.15) is 13.5 Å². The number of hydrogen-bond donors (Lipinski definition) is 1. The Labute approximate surface area is 198 Å². The number of nitrogens with zero attached hydrogens (tertiary/aromatic N) is 1. The monoisotopic (exact) mass is 448 g/mol. The zero-order valence-corrected chi connectivity index (χ0v) is 21.6. The summed E-state index contributed by atoms with van der Waals surface area (Å²) in [6.45, 7) is 14.0. The van der Waals surface area contributed by atoms with Gasteiger partial charge in [0, 0.05) is 33.1 Å². The molecule has 31 heavy (non-hydrogen) atoms. The third kappa shape index (κ3) is 9.90. The third-order valence-electron chi connectivity index (χ3n) is 4.91. The van der Waals surface area contributed by atoms with Gasteiger partial charge < -0.3 is 14.8 Å². The molecule has 0 unspecified atom stereocenters. The Bertz CT molecular complexity index is 812. The van der Waals surface area contributed by atoms with E-state index in [0.717, 1.165) is 30.8 Å². The molecular weight excluding hydrogens is 404 g/mol. The highest BCUT2D eigenvalue weighted by Gasteiger charge is 2.07. The Morgan fingerprint density at radius 3 is 2.10 bits per heavy atom. The number of anilines is 1. The van der Waals surface area contributed by atoms with E-state index in [1.807, 2.05) is 6.92 Å². The summed E-state index contributed by atoms with van der Waals surface area (Å²) in [4.78, 5) is 4.61. The first-order valence-corrected chi connectivity index (χ1v) is 10.8. The number of aryl methyl sites for hydroxylation is 4. The summed E-state index contributed by atoms with van der Waals surface area (Å²) in [6, 6.07) is 13.1. The number of rotatable bonds is 9. The van der Waals surface area contributed by atoms with Gasteiger partial charge in [0.1, 0.15) is 0 Å². The molecule has 0 radical (unpaired) electrons. The van der Waals surface area contributed by atoms with Crippen molar-refractivity contribution in [1.29, 1.82) is 0 Å². The number of para-hydroxylation sites is 2. The van der Waals surface area contributed by atoms with Crippen LogP contribution in [-0.4, -0.2) is 39.2 Å². The second kappa shape index (κ2) is 15.9. The maximum absolute atomic E-state index is 5.13. The summed E-state index contributed by atoms with van der Waals surface area (Å²) in [6.07, 6.45) is 2.07. The molecule has 176 valence electrons. The van der Waals surface area contributed by atoms with Crippen LogP contribution in [0.15, 0.2) is 41.4 Å². The van der Waals surface area contributed by atoms with Crippen LogP contribution < -0.4 is 5.32 Å². The van der Waals surface area contributed by atoms with Crippen LogP contribution in [0.2, 0.25) is 0 Å². The summed E-state index contributed by atoms with van der Waals surface area (Å²) < 4.78 is 10.2. The summed E-state index contributed by atoms with van der Waals surface area (Å²) in [5.41, 5.74) is 8.59. The van der Waals surface area contributed by atoms with Crippen molar-refractivity contribution in [2.45, 2.75) is 60.4 Å². The molecule has 0 amide bonds. The maximum atomic E-state index is 5.13. The first-order valence-electron chi connectivity index (χ1n) is 10.8. The predicted molar refractivity (Wildman–Crippen MR) is 143 cm³/mol. The molecule has 1 N–H and O–H groups in total. The molecular formula is C26H44N2O2S. The Morgan fingerprint density at radius 1 is 0.968 bits per heavy atom. The quantitative estimate of drug-likeness (QED) is 0.436.